The molecule has 2 aromatic heterocycles. The molecule has 1 aromatic carbocycles. The lowest BCUT2D eigenvalue weighted by Gasteiger charge is -2.10. The Kier molecular flexibility index (Phi) is 2.78. The molecule has 0 aliphatic carbocycles. The quantitative estimate of drug-likeness (QED) is 0.748. The predicted octanol–water partition coefficient (Wildman–Crippen LogP) is 3.38. The molecule has 5 heteroatoms. The van der Waals surface area contributed by atoms with Crippen LogP contribution in [-0.2, 0) is 0 Å². The summed E-state index contributed by atoms with van der Waals surface area (Å²) in [5.74, 6) is 0.453. The van der Waals surface area contributed by atoms with Crippen molar-refractivity contribution in [1.29, 1.82) is 0 Å². The number of nitrogens with two attached hydrogens (primary N) is 1. The summed E-state index contributed by atoms with van der Waals surface area (Å²) >= 11 is 3.54. The Labute approximate surface area is 119 Å². The van der Waals surface area contributed by atoms with Crippen molar-refractivity contribution in [3.05, 3.63) is 46.1 Å². The molecule has 19 heavy (non-hydrogen) atoms. The Morgan fingerprint density at radius 2 is 2.05 bits per heavy atom. The van der Waals surface area contributed by atoms with E-state index in [9.17, 15) is 0 Å². The van der Waals surface area contributed by atoms with Crippen molar-refractivity contribution in [3.8, 4) is 5.69 Å². The molecular formula is C14H13BrN4. The highest BCUT2D eigenvalue weighted by atomic mass is 79.9. The van der Waals surface area contributed by atoms with Gasteiger partial charge in [0.05, 0.1) is 5.69 Å². The Balaban J connectivity index is 2.36. The van der Waals surface area contributed by atoms with Gasteiger partial charge in [-0.15, -0.1) is 0 Å². The minimum absolute atomic E-state index is 0.453. The van der Waals surface area contributed by atoms with Gasteiger partial charge in [-0.2, -0.15) is 0 Å². The van der Waals surface area contributed by atoms with E-state index in [-0.39, 0.29) is 0 Å². The van der Waals surface area contributed by atoms with Gasteiger partial charge in [0.15, 0.2) is 5.65 Å². The van der Waals surface area contributed by atoms with Crippen LogP contribution in [0, 0.1) is 13.8 Å². The third-order valence-corrected chi connectivity index (χ3v) is 4.00. The van der Waals surface area contributed by atoms with E-state index in [1.807, 2.05) is 48.9 Å². The summed E-state index contributed by atoms with van der Waals surface area (Å²) in [5.41, 5.74) is 10.8. The number of halogens is 1. The van der Waals surface area contributed by atoms with Crippen LogP contribution in [0.1, 0.15) is 11.1 Å². The Morgan fingerprint density at radius 1 is 1.26 bits per heavy atom. The number of benzene rings is 1. The summed E-state index contributed by atoms with van der Waals surface area (Å²) in [6.45, 7) is 4.03. The second-order valence-electron chi connectivity index (χ2n) is 4.54. The van der Waals surface area contributed by atoms with Crippen LogP contribution in [0.5, 0.6) is 0 Å². The van der Waals surface area contributed by atoms with Crippen LogP contribution in [0.25, 0.3) is 16.9 Å². The number of hydrogen-bond donors (Lipinski definition) is 1. The largest absolute Gasteiger partial charge is 0.369 e. The van der Waals surface area contributed by atoms with Gasteiger partial charge >= 0.3 is 0 Å². The maximum atomic E-state index is 6.05. The van der Waals surface area contributed by atoms with E-state index in [4.69, 9.17) is 5.73 Å². The average molecular weight is 317 g/mol. The predicted molar refractivity (Wildman–Crippen MR) is 80.5 cm³/mol. The second kappa shape index (κ2) is 4.35. The first-order chi connectivity index (χ1) is 9.08. The molecule has 0 spiro atoms. The normalized spacial score (nSPS) is 11.1. The van der Waals surface area contributed by atoms with Crippen LogP contribution in [0.4, 0.5) is 5.95 Å². The summed E-state index contributed by atoms with van der Waals surface area (Å²) in [6.07, 6.45) is 1.83. The smallest absolute Gasteiger partial charge is 0.207 e. The highest BCUT2D eigenvalue weighted by molar-refractivity contribution is 9.10. The molecular weight excluding hydrogens is 304 g/mol. The molecule has 0 aliphatic heterocycles. The summed E-state index contributed by atoms with van der Waals surface area (Å²) in [7, 11) is 0. The van der Waals surface area contributed by atoms with E-state index in [0.29, 0.717) is 5.95 Å². The minimum Gasteiger partial charge on any atom is -0.369 e. The van der Waals surface area contributed by atoms with Crippen LogP contribution in [-0.4, -0.2) is 14.5 Å². The van der Waals surface area contributed by atoms with E-state index in [1.54, 1.807) is 0 Å². The first kappa shape index (κ1) is 12.2. The van der Waals surface area contributed by atoms with Gasteiger partial charge in [0, 0.05) is 10.7 Å². The van der Waals surface area contributed by atoms with E-state index in [1.165, 1.54) is 0 Å². The van der Waals surface area contributed by atoms with Crippen LogP contribution < -0.4 is 5.73 Å². The molecule has 0 saturated carbocycles. The van der Waals surface area contributed by atoms with Gasteiger partial charge in [-0.05, 0) is 43.2 Å². The molecule has 2 N–H and O–H groups in total. The van der Waals surface area contributed by atoms with Crippen molar-refractivity contribution >= 4 is 33.0 Å². The molecule has 0 saturated heterocycles. The number of aryl methyl sites for hydroxylation is 1. The zero-order chi connectivity index (χ0) is 13.6. The van der Waals surface area contributed by atoms with Crippen molar-refractivity contribution in [2.75, 3.05) is 5.73 Å². The van der Waals surface area contributed by atoms with Crippen molar-refractivity contribution in [2.45, 2.75) is 13.8 Å². The molecule has 0 radical (unpaired) electrons. The number of nitrogens with zero attached hydrogens (tertiary/aromatic N) is 3. The number of anilines is 1. The molecule has 4 nitrogen and oxygen atoms in total. The number of imidazole rings is 1. The summed E-state index contributed by atoms with van der Waals surface area (Å²) in [5, 5.41) is 0. The molecule has 0 aliphatic rings. The fraction of sp³-hybridized carbons (Fsp3) is 0.143. The van der Waals surface area contributed by atoms with Crippen molar-refractivity contribution in [3.63, 3.8) is 0 Å². The third kappa shape index (κ3) is 1.90. The van der Waals surface area contributed by atoms with E-state index in [2.05, 4.69) is 25.9 Å². The lowest BCUT2D eigenvalue weighted by Crippen LogP contribution is -2.03. The fourth-order valence-electron chi connectivity index (χ4n) is 2.16. The number of fused-ring (bicyclic) bond motifs is 1. The fourth-order valence-corrected chi connectivity index (χ4v) is 2.51. The zero-order valence-electron chi connectivity index (χ0n) is 10.7. The standard InChI is InChI=1S/C14H13BrN4/c1-8-6-11-13(17-7-8)19(14(16)18-11)12-5-3-4-10(15)9(12)2/h3-7H,1-2H3,(H2,16,18). The van der Waals surface area contributed by atoms with Crippen LogP contribution in [0.3, 0.4) is 0 Å². The van der Waals surface area contributed by atoms with Gasteiger partial charge in [-0.25, -0.2) is 9.97 Å². The molecule has 0 bridgehead atoms. The van der Waals surface area contributed by atoms with Gasteiger partial charge in [0.2, 0.25) is 5.95 Å². The number of rotatable bonds is 1. The zero-order valence-corrected chi connectivity index (χ0v) is 12.3. The van der Waals surface area contributed by atoms with Crippen molar-refractivity contribution in [1.82, 2.24) is 14.5 Å². The van der Waals surface area contributed by atoms with Crippen LogP contribution >= 0.6 is 15.9 Å². The second-order valence-corrected chi connectivity index (χ2v) is 5.40. The molecule has 2 heterocycles. The van der Waals surface area contributed by atoms with E-state index >= 15 is 0 Å². The van der Waals surface area contributed by atoms with Crippen molar-refractivity contribution in [2.24, 2.45) is 0 Å². The molecule has 96 valence electrons. The van der Waals surface area contributed by atoms with E-state index in [0.717, 1.165) is 32.5 Å². The molecule has 0 fully saturated rings. The highest BCUT2D eigenvalue weighted by Gasteiger charge is 2.13. The Hall–Kier alpha value is -1.88. The van der Waals surface area contributed by atoms with Crippen LogP contribution in [0.2, 0.25) is 0 Å². The highest BCUT2D eigenvalue weighted by Crippen LogP contribution is 2.27. The van der Waals surface area contributed by atoms with Crippen molar-refractivity contribution < 1.29 is 0 Å². The summed E-state index contributed by atoms with van der Waals surface area (Å²) in [6, 6.07) is 7.99. The molecule has 0 amide bonds. The SMILES string of the molecule is Cc1cnc2c(c1)nc(N)n2-c1cccc(Br)c1C. The first-order valence-electron chi connectivity index (χ1n) is 5.94. The minimum atomic E-state index is 0.453. The number of nitrogen functional groups attached to an aromatic ring is 1. The Bertz CT molecular complexity index is 776. The van der Waals surface area contributed by atoms with Crippen LogP contribution in [0.15, 0.2) is 34.9 Å². The van der Waals surface area contributed by atoms with Gasteiger partial charge in [0.1, 0.15) is 5.52 Å². The lowest BCUT2D eigenvalue weighted by atomic mass is 10.2. The monoisotopic (exact) mass is 316 g/mol. The molecule has 3 aromatic rings. The van der Waals surface area contributed by atoms with E-state index < -0.39 is 0 Å². The van der Waals surface area contributed by atoms with Gasteiger partial charge in [0.25, 0.3) is 0 Å². The average Bonchev–Trinajstić information content (AvgIpc) is 2.68. The summed E-state index contributed by atoms with van der Waals surface area (Å²) in [4.78, 5) is 8.84. The number of hydrogen-bond acceptors (Lipinski definition) is 3. The number of pyridine rings is 1. The number of aromatic nitrogens is 3. The topological polar surface area (TPSA) is 56.7 Å². The lowest BCUT2D eigenvalue weighted by molar-refractivity contribution is 1.06. The first-order valence-corrected chi connectivity index (χ1v) is 6.73. The molecule has 3 rings (SSSR count). The summed E-state index contributed by atoms with van der Waals surface area (Å²) < 4.78 is 2.92. The molecule has 0 unspecified atom stereocenters. The maximum absolute atomic E-state index is 6.05. The third-order valence-electron chi connectivity index (χ3n) is 3.14. The van der Waals surface area contributed by atoms with Gasteiger partial charge < -0.3 is 5.73 Å². The maximum Gasteiger partial charge on any atom is 0.207 e. The molecule has 0 atom stereocenters. The van der Waals surface area contributed by atoms with Gasteiger partial charge in [-0.1, -0.05) is 22.0 Å². The van der Waals surface area contributed by atoms with Gasteiger partial charge in [-0.3, -0.25) is 4.57 Å². The Morgan fingerprint density at radius 3 is 2.84 bits per heavy atom.